The van der Waals surface area contributed by atoms with Gasteiger partial charge in [0, 0.05) is 0 Å². The van der Waals surface area contributed by atoms with Crippen LogP contribution in [0.3, 0.4) is 0 Å². The van der Waals surface area contributed by atoms with E-state index < -0.39 is 15.8 Å². The van der Waals surface area contributed by atoms with Gasteiger partial charge in [-0.05, 0) is 112 Å². The molecule has 0 bridgehead atoms. The molecule has 1 saturated carbocycles. The van der Waals surface area contributed by atoms with Gasteiger partial charge in [-0.15, -0.1) is 0 Å². The number of hydrogen-bond donors (Lipinski definition) is 0. The summed E-state index contributed by atoms with van der Waals surface area (Å²) in [5.74, 6) is 0. The van der Waals surface area contributed by atoms with Crippen molar-refractivity contribution in [3.63, 3.8) is 0 Å². The van der Waals surface area contributed by atoms with E-state index in [0.29, 0.717) is 0 Å². The van der Waals surface area contributed by atoms with Crippen LogP contribution >= 0.6 is 25.5 Å². The Kier molecular flexibility index (Phi) is 13.3. The molecule has 4 heteroatoms. The van der Waals surface area contributed by atoms with Crippen LogP contribution in [-0.2, 0) is 17.3 Å². The zero-order valence-corrected chi connectivity index (χ0v) is 33.3. The second kappa shape index (κ2) is 18.9. The van der Waals surface area contributed by atoms with Crippen LogP contribution in [0.15, 0.2) is 194 Å². The van der Waals surface area contributed by atoms with E-state index in [1.807, 2.05) is 49.4 Å². The maximum absolute atomic E-state index is 4.57. The van der Waals surface area contributed by atoms with Crippen molar-refractivity contribution in [1.82, 2.24) is 0 Å². The predicted molar refractivity (Wildman–Crippen MR) is 232 cm³/mol. The second-order valence-corrected chi connectivity index (χ2v) is 16.7. The predicted octanol–water partition coefficient (Wildman–Crippen LogP) is 10.9. The van der Waals surface area contributed by atoms with Gasteiger partial charge in [-0.2, -0.15) is 0 Å². The summed E-state index contributed by atoms with van der Waals surface area (Å²) in [7, 11) is 2.86. The van der Waals surface area contributed by atoms with Gasteiger partial charge in [-0.25, -0.2) is 0 Å². The standard InChI is InChI=1S/C44H32P2.C5H5.ClH.Ru/c1-5-19-35(20-6-1)45(36-21-7-2-8-22-36)41-31-29-33-17-13-15-27-39(33)43(41)44-40-28-16-14-18-34(40)30-32-42(44)46(37-23-9-3-10-24-37)38-25-11-4-12-26-38;1-2-4-5-3-1;;/h1-32H;1-5H;1H;/q;;;+2/p-1. The van der Waals surface area contributed by atoms with E-state index >= 15 is 0 Å². The van der Waals surface area contributed by atoms with Crippen molar-refractivity contribution in [2.45, 2.75) is 0 Å². The Morgan fingerprint density at radius 1 is 0.283 bits per heavy atom. The van der Waals surface area contributed by atoms with Gasteiger partial charge in [-0.3, -0.25) is 0 Å². The van der Waals surface area contributed by atoms with Crippen molar-refractivity contribution in [3.05, 3.63) is 226 Å². The quantitative estimate of drug-likeness (QED) is 0.111. The molecule has 9 rings (SSSR count). The molecular weight excluding hydrogens is 787 g/mol. The number of halogens is 1. The molecule has 257 valence electrons. The molecule has 1 fully saturated rings. The van der Waals surface area contributed by atoms with Gasteiger partial charge in [0.05, 0.1) is 0 Å². The largest absolute Gasteiger partial charge is 0.0622 e. The molecule has 0 unspecified atom stereocenters. The van der Waals surface area contributed by atoms with Crippen LogP contribution in [0.25, 0.3) is 32.7 Å². The van der Waals surface area contributed by atoms with E-state index in [1.54, 1.807) is 0 Å². The Labute approximate surface area is 331 Å². The van der Waals surface area contributed by atoms with E-state index in [-0.39, 0.29) is 0 Å². The van der Waals surface area contributed by atoms with Crippen LogP contribution < -0.4 is 31.8 Å². The van der Waals surface area contributed by atoms with Crippen molar-refractivity contribution >= 4 is 78.9 Å². The van der Waals surface area contributed by atoms with E-state index in [0.717, 1.165) is 0 Å². The monoisotopic (exact) mass is 824 g/mol. The third-order valence-corrected chi connectivity index (χ3v) is 14.1. The fourth-order valence-electron chi connectivity index (χ4n) is 6.90. The van der Waals surface area contributed by atoms with Crippen LogP contribution in [0, 0.1) is 32.1 Å². The Balaban J connectivity index is 0.000000568. The normalized spacial score (nSPS) is 12.3. The molecule has 1 aliphatic rings. The van der Waals surface area contributed by atoms with Gasteiger partial charge in [0.2, 0.25) is 0 Å². The number of rotatable bonds is 7. The maximum atomic E-state index is 4.57. The molecule has 0 heterocycles. The van der Waals surface area contributed by atoms with Crippen molar-refractivity contribution in [2.24, 2.45) is 0 Å². The minimum Gasteiger partial charge on any atom is -0.0622 e. The van der Waals surface area contributed by atoms with Gasteiger partial charge >= 0.3 is 27.0 Å². The van der Waals surface area contributed by atoms with Crippen LogP contribution in [-0.4, -0.2) is 0 Å². The molecule has 1 aliphatic carbocycles. The first-order valence-electron chi connectivity index (χ1n) is 17.5. The summed E-state index contributed by atoms with van der Waals surface area (Å²) >= 11 is 1.82. The third kappa shape index (κ3) is 8.57. The minimum absolute atomic E-state index is 0.852. The smallest absolute Gasteiger partial charge is 0.000884 e. The molecular formula is C49H37ClP2Ru+. The Hall–Kier alpha value is -3.95. The third-order valence-electron chi connectivity index (χ3n) is 9.16. The molecule has 0 N–H and O–H groups in total. The SMILES string of the molecule is [CH]1[CH][CH][CH][CH]1.[Cl][Ru+].c1ccc(P(c2ccccc2)c2ccc3ccccc3c2-c2c(P(c3ccccc3)c3ccccc3)ccc3ccccc23)cc1. The summed E-state index contributed by atoms with van der Waals surface area (Å²) in [6, 6.07) is 71.8. The van der Waals surface area contributed by atoms with E-state index in [1.165, 1.54) is 64.5 Å². The summed E-state index contributed by atoms with van der Waals surface area (Å²) in [5.41, 5.74) is 2.70. The summed E-state index contributed by atoms with van der Waals surface area (Å²) < 4.78 is 0. The average Bonchev–Trinajstić information content (AvgIpc) is 3.84. The molecule has 0 atom stereocenters. The maximum Gasteiger partial charge on any atom is -0.000884 e. The molecule has 0 saturated heterocycles. The van der Waals surface area contributed by atoms with Gasteiger partial charge < -0.3 is 0 Å². The van der Waals surface area contributed by atoms with Crippen molar-refractivity contribution in [2.75, 3.05) is 0 Å². The van der Waals surface area contributed by atoms with Gasteiger partial charge in [0.1, 0.15) is 0 Å². The van der Waals surface area contributed by atoms with Crippen LogP contribution in [0.1, 0.15) is 0 Å². The molecule has 0 nitrogen and oxygen atoms in total. The Bertz CT molecular complexity index is 2090. The van der Waals surface area contributed by atoms with Crippen molar-refractivity contribution < 1.29 is 17.3 Å². The zero-order valence-electron chi connectivity index (χ0n) is 29.0. The first-order valence-corrected chi connectivity index (χ1v) is 22.4. The molecule has 5 radical (unpaired) electrons. The first kappa shape index (κ1) is 37.4. The molecule has 0 spiro atoms. The molecule has 53 heavy (non-hydrogen) atoms. The molecule has 0 aliphatic heterocycles. The number of fused-ring (bicyclic) bond motifs is 2. The fraction of sp³-hybridized carbons (Fsp3) is 0. The van der Waals surface area contributed by atoms with Crippen LogP contribution in [0.5, 0.6) is 0 Å². The molecule has 8 aromatic rings. The fourth-order valence-corrected chi connectivity index (χ4v) is 11.9. The summed E-state index contributed by atoms with van der Waals surface area (Å²) in [5, 5.41) is 13.3. The molecule has 8 aromatic carbocycles. The van der Waals surface area contributed by atoms with E-state index in [2.05, 4.69) is 204 Å². The summed E-state index contributed by atoms with van der Waals surface area (Å²) in [6.45, 7) is 0. The van der Waals surface area contributed by atoms with Gasteiger partial charge in [0.25, 0.3) is 0 Å². The van der Waals surface area contributed by atoms with E-state index in [4.69, 9.17) is 0 Å². The Morgan fingerprint density at radius 3 is 0.849 bits per heavy atom. The molecule has 0 aromatic heterocycles. The van der Waals surface area contributed by atoms with Crippen LogP contribution in [0.2, 0.25) is 0 Å². The summed E-state index contributed by atoms with van der Waals surface area (Å²) in [4.78, 5) is 0. The first-order chi connectivity index (χ1) is 26.4. The number of hydrogen-bond acceptors (Lipinski definition) is 0. The zero-order chi connectivity index (χ0) is 36.2. The van der Waals surface area contributed by atoms with Gasteiger partial charge in [-0.1, -0.05) is 194 Å². The molecule has 0 amide bonds. The number of benzene rings is 8. The topological polar surface area (TPSA) is 0 Å². The summed E-state index contributed by atoms with van der Waals surface area (Å²) in [6.07, 6.45) is 10.0. The van der Waals surface area contributed by atoms with E-state index in [9.17, 15) is 0 Å². The second-order valence-electron chi connectivity index (χ2n) is 12.3. The van der Waals surface area contributed by atoms with Crippen molar-refractivity contribution in [1.29, 1.82) is 0 Å². The van der Waals surface area contributed by atoms with Crippen LogP contribution in [0.4, 0.5) is 0 Å². The van der Waals surface area contributed by atoms with Crippen molar-refractivity contribution in [3.8, 4) is 11.1 Å². The Morgan fingerprint density at radius 2 is 0.547 bits per heavy atom. The average molecular weight is 824 g/mol. The van der Waals surface area contributed by atoms with Gasteiger partial charge in [0.15, 0.2) is 0 Å². The minimum atomic E-state index is -0.852.